The van der Waals surface area contributed by atoms with Gasteiger partial charge in [0.05, 0.1) is 11.1 Å². The van der Waals surface area contributed by atoms with Gasteiger partial charge in [-0.3, -0.25) is 9.78 Å². The number of alkyl halides is 3. The molecule has 1 amide bonds. The Morgan fingerprint density at radius 1 is 1.30 bits per heavy atom. The lowest BCUT2D eigenvalue weighted by Gasteiger charge is -2.11. The van der Waals surface area contributed by atoms with Crippen molar-refractivity contribution >= 4 is 16.8 Å². The molecule has 0 aliphatic carbocycles. The predicted octanol–water partition coefficient (Wildman–Crippen LogP) is 2.98. The number of hydrogen-bond donors (Lipinski definition) is 1. The molecule has 106 valence electrons. The Labute approximate surface area is 113 Å². The van der Waals surface area contributed by atoms with Crippen molar-refractivity contribution < 1.29 is 18.0 Å². The van der Waals surface area contributed by atoms with E-state index in [0.29, 0.717) is 17.5 Å². The maximum atomic E-state index is 12.7. The van der Waals surface area contributed by atoms with Crippen molar-refractivity contribution in [3.63, 3.8) is 0 Å². The summed E-state index contributed by atoms with van der Waals surface area (Å²) in [6.45, 7) is 1.70. The Balaban J connectivity index is 2.52. The Kier molecular flexibility index (Phi) is 3.65. The maximum Gasteiger partial charge on any atom is 0.416 e. The maximum absolute atomic E-state index is 12.7. The second-order valence-corrected chi connectivity index (χ2v) is 4.62. The van der Waals surface area contributed by atoms with Gasteiger partial charge in [0.15, 0.2) is 0 Å². The SMILES string of the molecule is Cc1cc(CCC(N)=O)c2ccc(C(F)(F)F)cc2n1. The van der Waals surface area contributed by atoms with Crippen LogP contribution in [0.5, 0.6) is 0 Å². The number of aromatic nitrogens is 1. The number of hydrogen-bond acceptors (Lipinski definition) is 2. The summed E-state index contributed by atoms with van der Waals surface area (Å²) in [5, 5.41) is 0.616. The van der Waals surface area contributed by atoms with Crippen molar-refractivity contribution in [2.45, 2.75) is 25.9 Å². The Morgan fingerprint density at radius 2 is 2.00 bits per heavy atom. The van der Waals surface area contributed by atoms with E-state index in [0.717, 1.165) is 17.7 Å². The van der Waals surface area contributed by atoms with E-state index in [1.54, 1.807) is 13.0 Å². The Bertz CT molecular complexity index is 665. The molecule has 20 heavy (non-hydrogen) atoms. The van der Waals surface area contributed by atoms with Crippen LogP contribution in [0.4, 0.5) is 13.2 Å². The van der Waals surface area contributed by atoms with E-state index >= 15 is 0 Å². The number of primary amides is 1. The van der Waals surface area contributed by atoms with Crippen LogP contribution in [0, 0.1) is 6.92 Å². The summed E-state index contributed by atoms with van der Waals surface area (Å²) in [4.78, 5) is 15.0. The normalized spacial score (nSPS) is 11.8. The number of nitrogens with two attached hydrogens (primary N) is 1. The van der Waals surface area contributed by atoms with Gasteiger partial charge in [-0.05, 0) is 37.1 Å². The van der Waals surface area contributed by atoms with Gasteiger partial charge in [-0.1, -0.05) is 6.07 Å². The number of rotatable bonds is 3. The number of amides is 1. The van der Waals surface area contributed by atoms with Crippen molar-refractivity contribution in [1.29, 1.82) is 0 Å². The fourth-order valence-electron chi connectivity index (χ4n) is 2.09. The molecule has 6 heteroatoms. The Morgan fingerprint density at radius 3 is 2.60 bits per heavy atom. The Hall–Kier alpha value is -2.11. The lowest BCUT2D eigenvalue weighted by molar-refractivity contribution is -0.137. The molecule has 2 rings (SSSR count). The smallest absolute Gasteiger partial charge is 0.370 e. The number of carbonyl (C=O) groups excluding carboxylic acids is 1. The highest BCUT2D eigenvalue weighted by atomic mass is 19.4. The van der Waals surface area contributed by atoms with Gasteiger partial charge < -0.3 is 5.73 Å². The highest BCUT2D eigenvalue weighted by Crippen LogP contribution is 2.32. The van der Waals surface area contributed by atoms with E-state index < -0.39 is 17.6 Å². The van der Waals surface area contributed by atoms with Crippen LogP contribution in [0.25, 0.3) is 10.9 Å². The van der Waals surface area contributed by atoms with Gasteiger partial charge in [-0.25, -0.2) is 0 Å². The largest absolute Gasteiger partial charge is 0.416 e. The number of carbonyl (C=O) groups is 1. The van der Waals surface area contributed by atoms with Crippen LogP contribution in [0.2, 0.25) is 0 Å². The molecule has 0 saturated heterocycles. The first-order valence-corrected chi connectivity index (χ1v) is 6.03. The molecule has 0 unspecified atom stereocenters. The van der Waals surface area contributed by atoms with Crippen molar-refractivity contribution in [1.82, 2.24) is 4.98 Å². The van der Waals surface area contributed by atoms with E-state index in [2.05, 4.69) is 4.98 Å². The minimum atomic E-state index is -4.40. The van der Waals surface area contributed by atoms with E-state index in [9.17, 15) is 18.0 Å². The molecule has 2 N–H and O–H groups in total. The van der Waals surface area contributed by atoms with Gasteiger partial charge in [0.2, 0.25) is 5.91 Å². The van der Waals surface area contributed by atoms with Crippen molar-refractivity contribution in [2.24, 2.45) is 5.73 Å². The number of pyridine rings is 1. The van der Waals surface area contributed by atoms with Crippen LogP contribution in [-0.4, -0.2) is 10.9 Å². The second kappa shape index (κ2) is 5.11. The summed E-state index contributed by atoms with van der Waals surface area (Å²) in [6.07, 6.45) is -3.85. The molecular weight excluding hydrogens is 269 g/mol. The summed E-state index contributed by atoms with van der Waals surface area (Å²) < 4.78 is 38.0. The fourth-order valence-corrected chi connectivity index (χ4v) is 2.09. The second-order valence-electron chi connectivity index (χ2n) is 4.62. The third kappa shape index (κ3) is 3.07. The van der Waals surface area contributed by atoms with E-state index in [1.807, 2.05) is 0 Å². The fraction of sp³-hybridized carbons (Fsp3) is 0.286. The van der Waals surface area contributed by atoms with Gasteiger partial charge in [-0.15, -0.1) is 0 Å². The van der Waals surface area contributed by atoms with Crippen LogP contribution in [0.1, 0.15) is 23.2 Å². The number of aryl methyl sites for hydroxylation is 2. The molecule has 3 nitrogen and oxygen atoms in total. The minimum absolute atomic E-state index is 0.152. The van der Waals surface area contributed by atoms with Gasteiger partial charge in [0.25, 0.3) is 0 Å². The third-order valence-corrected chi connectivity index (χ3v) is 2.99. The molecule has 0 spiro atoms. The molecule has 1 aromatic heterocycles. The van der Waals surface area contributed by atoms with Gasteiger partial charge in [0.1, 0.15) is 0 Å². The topological polar surface area (TPSA) is 56.0 Å². The van der Waals surface area contributed by atoms with E-state index in [4.69, 9.17) is 5.73 Å². The highest BCUT2D eigenvalue weighted by molar-refractivity contribution is 5.84. The first-order valence-electron chi connectivity index (χ1n) is 6.03. The minimum Gasteiger partial charge on any atom is -0.370 e. The standard InChI is InChI=1S/C14H13F3N2O/c1-8-6-9(2-5-13(18)20)11-4-3-10(14(15,16)17)7-12(11)19-8/h3-4,6-7H,2,5H2,1H3,(H2,18,20). The lowest BCUT2D eigenvalue weighted by Crippen LogP contribution is -2.11. The van der Waals surface area contributed by atoms with E-state index in [1.165, 1.54) is 6.07 Å². The summed E-state index contributed by atoms with van der Waals surface area (Å²) in [6, 6.07) is 5.20. The monoisotopic (exact) mass is 282 g/mol. The van der Waals surface area contributed by atoms with Crippen LogP contribution >= 0.6 is 0 Å². The molecular formula is C14H13F3N2O. The molecule has 0 radical (unpaired) electrons. The molecule has 1 heterocycles. The first kappa shape index (κ1) is 14.3. The summed E-state index contributed by atoms with van der Waals surface area (Å²) in [5.74, 6) is -0.445. The number of nitrogens with zero attached hydrogens (tertiary/aromatic N) is 1. The van der Waals surface area contributed by atoms with Crippen LogP contribution in [0.15, 0.2) is 24.3 Å². The predicted molar refractivity (Wildman–Crippen MR) is 69.0 cm³/mol. The van der Waals surface area contributed by atoms with Gasteiger partial charge >= 0.3 is 6.18 Å². The third-order valence-electron chi connectivity index (χ3n) is 2.99. The van der Waals surface area contributed by atoms with Gasteiger partial charge in [-0.2, -0.15) is 13.2 Å². The molecule has 0 aliphatic rings. The van der Waals surface area contributed by atoms with Crippen LogP contribution < -0.4 is 5.73 Å². The summed E-state index contributed by atoms with van der Waals surface area (Å²) in [5.41, 5.74) is 6.03. The van der Waals surface area contributed by atoms with Crippen LogP contribution in [0.3, 0.4) is 0 Å². The first-order chi connectivity index (χ1) is 9.27. The zero-order chi connectivity index (χ0) is 14.9. The number of halogens is 3. The molecule has 1 aromatic carbocycles. The van der Waals surface area contributed by atoms with Crippen molar-refractivity contribution in [2.75, 3.05) is 0 Å². The molecule has 0 fully saturated rings. The lowest BCUT2D eigenvalue weighted by atomic mass is 10.0. The van der Waals surface area contributed by atoms with E-state index in [-0.39, 0.29) is 11.9 Å². The summed E-state index contributed by atoms with van der Waals surface area (Å²) >= 11 is 0. The number of fused-ring (bicyclic) bond motifs is 1. The van der Waals surface area contributed by atoms with Crippen molar-refractivity contribution in [3.05, 3.63) is 41.1 Å². The molecule has 0 bridgehead atoms. The molecule has 0 saturated carbocycles. The summed E-state index contributed by atoms with van der Waals surface area (Å²) in [7, 11) is 0. The quantitative estimate of drug-likeness (QED) is 0.940. The zero-order valence-corrected chi connectivity index (χ0v) is 10.8. The van der Waals surface area contributed by atoms with Crippen LogP contribution in [-0.2, 0) is 17.4 Å². The molecule has 0 atom stereocenters. The molecule has 2 aromatic rings. The zero-order valence-electron chi connectivity index (χ0n) is 10.8. The molecule has 0 aliphatic heterocycles. The average Bonchev–Trinajstić information content (AvgIpc) is 2.33. The number of benzene rings is 1. The van der Waals surface area contributed by atoms with Crippen molar-refractivity contribution in [3.8, 4) is 0 Å². The van der Waals surface area contributed by atoms with Gasteiger partial charge in [0, 0.05) is 17.5 Å². The highest BCUT2D eigenvalue weighted by Gasteiger charge is 2.30. The average molecular weight is 282 g/mol.